The Labute approximate surface area is 136 Å². The summed E-state index contributed by atoms with van der Waals surface area (Å²) < 4.78 is 2.98. The first-order chi connectivity index (χ1) is 11.0. The van der Waals surface area contributed by atoms with Crippen LogP contribution >= 0.6 is 0 Å². The minimum atomic E-state index is -0.647. The van der Waals surface area contributed by atoms with E-state index in [1.54, 1.807) is 13.1 Å². The van der Waals surface area contributed by atoms with Crippen molar-refractivity contribution in [2.45, 2.75) is 46.6 Å². The second kappa shape index (κ2) is 8.31. The van der Waals surface area contributed by atoms with Gasteiger partial charge in [-0.05, 0) is 32.4 Å². The molecule has 0 radical (unpaired) electrons. The molecule has 0 bridgehead atoms. The van der Waals surface area contributed by atoms with E-state index < -0.39 is 11.9 Å². The fourth-order valence-corrected chi connectivity index (χ4v) is 2.57. The van der Waals surface area contributed by atoms with Gasteiger partial charge in [0.05, 0.1) is 11.4 Å². The highest BCUT2D eigenvalue weighted by molar-refractivity contribution is 5.99. The molecule has 1 aliphatic heterocycles. The molecule has 1 N–H and O–H groups in total. The standard InChI is InChI=1S/C15H19N3O3.C2H6/c1-4-6-10-11(7-5-2)18(15(21)17(10)3)12-8-9-13(19)16-14(12)20;1-2/h4-7,12H,8-9H2,1-3H3,(H,16,19,20);1-2H3/b6-4-,7-5-;. The Morgan fingerprint density at radius 1 is 1.04 bits per heavy atom. The predicted molar refractivity (Wildman–Crippen MR) is 91.9 cm³/mol. The van der Waals surface area contributed by atoms with E-state index in [0.29, 0.717) is 12.1 Å². The summed E-state index contributed by atoms with van der Waals surface area (Å²) in [6.07, 6.45) is 7.89. The Bertz CT molecular complexity index is 693. The zero-order chi connectivity index (χ0) is 17.6. The van der Waals surface area contributed by atoms with Crippen molar-refractivity contribution in [1.82, 2.24) is 14.5 Å². The highest BCUT2D eigenvalue weighted by Crippen LogP contribution is 2.22. The van der Waals surface area contributed by atoms with Gasteiger partial charge < -0.3 is 0 Å². The van der Waals surface area contributed by atoms with Gasteiger partial charge in [0.15, 0.2) is 0 Å². The van der Waals surface area contributed by atoms with Crippen LogP contribution in [0.2, 0.25) is 0 Å². The van der Waals surface area contributed by atoms with Gasteiger partial charge in [0.2, 0.25) is 11.8 Å². The molecule has 0 spiro atoms. The van der Waals surface area contributed by atoms with E-state index in [1.165, 1.54) is 9.13 Å². The summed E-state index contributed by atoms with van der Waals surface area (Å²) in [6, 6.07) is -0.647. The van der Waals surface area contributed by atoms with Crippen LogP contribution < -0.4 is 11.0 Å². The second-order valence-corrected chi connectivity index (χ2v) is 4.95. The monoisotopic (exact) mass is 319 g/mol. The quantitative estimate of drug-likeness (QED) is 0.869. The minimum absolute atomic E-state index is 0.242. The van der Waals surface area contributed by atoms with Gasteiger partial charge in [-0.2, -0.15) is 0 Å². The van der Waals surface area contributed by atoms with Gasteiger partial charge in [0, 0.05) is 13.5 Å². The minimum Gasteiger partial charge on any atom is -0.295 e. The number of imidazole rings is 1. The highest BCUT2D eigenvalue weighted by atomic mass is 16.2. The lowest BCUT2D eigenvalue weighted by Crippen LogP contribution is -2.44. The van der Waals surface area contributed by atoms with Crippen molar-refractivity contribution >= 4 is 24.0 Å². The molecule has 1 aliphatic rings. The number of nitrogens with one attached hydrogen (secondary N) is 1. The van der Waals surface area contributed by atoms with E-state index in [0.717, 1.165) is 5.69 Å². The number of aromatic nitrogens is 2. The summed E-state index contributed by atoms with van der Waals surface area (Å²) in [5.74, 6) is -0.710. The molecule has 0 aliphatic carbocycles. The lowest BCUT2D eigenvalue weighted by molar-refractivity contribution is -0.135. The van der Waals surface area contributed by atoms with E-state index in [9.17, 15) is 14.4 Å². The largest absolute Gasteiger partial charge is 0.329 e. The normalized spacial score (nSPS) is 18.2. The summed E-state index contributed by atoms with van der Waals surface area (Å²) in [6.45, 7) is 7.72. The summed E-state index contributed by atoms with van der Waals surface area (Å²) in [7, 11) is 1.67. The Kier molecular flexibility index (Phi) is 6.75. The summed E-state index contributed by atoms with van der Waals surface area (Å²) >= 11 is 0. The van der Waals surface area contributed by atoms with Crippen molar-refractivity contribution in [3.63, 3.8) is 0 Å². The first-order valence-electron chi connectivity index (χ1n) is 7.91. The van der Waals surface area contributed by atoms with Crippen LogP contribution in [0.3, 0.4) is 0 Å². The molecule has 2 heterocycles. The molecule has 1 saturated heterocycles. The van der Waals surface area contributed by atoms with E-state index in [-0.39, 0.29) is 18.0 Å². The van der Waals surface area contributed by atoms with Gasteiger partial charge in [-0.3, -0.25) is 24.0 Å². The van der Waals surface area contributed by atoms with Crippen LogP contribution in [-0.4, -0.2) is 20.9 Å². The maximum atomic E-state index is 12.5. The number of imide groups is 1. The van der Waals surface area contributed by atoms with Crippen LogP contribution in [0.25, 0.3) is 12.2 Å². The number of allylic oxidation sites excluding steroid dienone is 2. The van der Waals surface area contributed by atoms with Crippen LogP contribution in [0.4, 0.5) is 0 Å². The lowest BCUT2D eigenvalue weighted by Gasteiger charge is -2.22. The Hall–Kier alpha value is -2.37. The van der Waals surface area contributed by atoms with E-state index >= 15 is 0 Å². The molecular formula is C17H25N3O3. The fourth-order valence-electron chi connectivity index (χ4n) is 2.57. The number of rotatable bonds is 3. The molecule has 2 rings (SSSR count). The number of carbonyl (C=O) groups is 2. The molecule has 1 unspecified atom stereocenters. The first-order valence-corrected chi connectivity index (χ1v) is 7.91. The predicted octanol–water partition coefficient (Wildman–Crippen LogP) is 2.26. The third kappa shape index (κ3) is 3.70. The fraction of sp³-hybridized carbons (Fsp3) is 0.471. The molecule has 2 amide bonds. The zero-order valence-corrected chi connectivity index (χ0v) is 14.4. The maximum absolute atomic E-state index is 12.5. The van der Waals surface area contributed by atoms with Crippen LogP contribution in [0, 0.1) is 0 Å². The third-order valence-corrected chi connectivity index (χ3v) is 3.55. The van der Waals surface area contributed by atoms with Gasteiger partial charge in [-0.25, -0.2) is 4.79 Å². The van der Waals surface area contributed by atoms with Crippen molar-refractivity contribution in [3.05, 3.63) is 34.0 Å². The Morgan fingerprint density at radius 3 is 2.13 bits per heavy atom. The molecule has 6 heteroatoms. The second-order valence-electron chi connectivity index (χ2n) is 4.95. The summed E-state index contributed by atoms with van der Waals surface area (Å²) in [5.41, 5.74) is 1.16. The molecule has 126 valence electrons. The van der Waals surface area contributed by atoms with E-state index in [2.05, 4.69) is 5.32 Å². The molecule has 1 aromatic heterocycles. The molecule has 1 fully saturated rings. The Morgan fingerprint density at radius 2 is 1.61 bits per heavy atom. The highest BCUT2D eigenvalue weighted by Gasteiger charge is 2.31. The molecule has 0 aromatic carbocycles. The molecule has 6 nitrogen and oxygen atoms in total. The van der Waals surface area contributed by atoms with Gasteiger partial charge >= 0.3 is 5.69 Å². The maximum Gasteiger partial charge on any atom is 0.329 e. The SMILES string of the molecule is C/C=C\c1c(/C=C\C)n(C2CCC(=O)NC2=O)c(=O)n1C.CC. The van der Waals surface area contributed by atoms with Crippen molar-refractivity contribution < 1.29 is 9.59 Å². The smallest absolute Gasteiger partial charge is 0.295 e. The third-order valence-electron chi connectivity index (χ3n) is 3.55. The molecule has 1 atom stereocenters. The number of nitrogens with zero attached hydrogens (tertiary/aromatic N) is 2. The number of hydrogen-bond donors (Lipinski definition) is 1. The van der Waals surface area contributed by atoms with Crippen molar-refractivity contribution in [1.29, 1.82) is 0 Å². The van der Waals surface area contributed by atoms with E-state index in [4.69, 9.17) is 0 Å². The van der Waals surface area contributed by atoms with Crippen LogP contribution in [-0.2, 0) is 16.6 Å². The molecule has 1 aromatic rings. The summed E-state index contributed by atoms with van der Waals surface area (Å²) in [4.78, 5) is 35.8. The van der Waals surface area contributed by atoms with Crippen molar-refractivity contribution in [2.24, 2.45) is 7.05 Å². The Balaban J connectivity index is 0.00000127. The van der Waals surface area contributed by atoms with E-state index in [1.807, 2.05) is 45.9 Å². The average molecular weight is 319 g/mol. The number of amides is 2. The average Bonchev–Trinajstić information content (AvgIpc) is 2.76. The number of hydrogen-bond acceptors (Lipinski definition) is 3. The molecule has 0 saturated carbocycles. The van der Waals surface area contributed by atoms with Crippen molar-refractivity contribution in [3.8, 4) is 0 Å². The zero-order valence-electron chi connectivity index (χ0n) is 14.4. The van der Waals surface area contributed by atoms with Crippen LogP contribution in [0.1, 0.15) is 58.0 Å². The van der Waals surface area contributed by atoms with Gasteiger partial charge in [-0.15, -0.1) is 0 Å². The molecule has 23 heavy (non-hydrogen) atoms. The summed E-state index contributed by atoms with van der Waals surface area (Å²) in [5, 5.41) is 2.30. The number of carbonyl (C=O) groups excluding carboxylic acids is 2. The van der Waals surface area contributed by atoms with Gasteiger partial charge in [-0.1, -0.05) is 26.0 Å². The topological polar surface area (TPSA) is 73.1 Å². The van der Waals surface area contributed by atoms with Crippen LogP contribution in [0.15, 0.2) is 16.9 Å². The van der Waals surface area contributed by atoms with Gasteiger partial charge in [0.1, 0.15) is 6.04 Å². The van der Waals surface area contributed by atoms with Crippen molar-refractivity contribution in [2.75, 3.05) is 0 Å². The van der Waals surface area contributed by atoms with Gasteiger partial charge in [0.25, 0.3) is 0 Å². The molecular weight excluding hydrogens is 294 g/mol. The first kappa shape index (κ1) is 18.7. The number of piperidine rings is 1. The van der Waals surface area contributed by atoms with Crippen LogP contribution in [0.5, 0.6) is 0 Å². The lowest BCUT2D eigenvalue weighted by atomic mass is 10.1.